The zero-order valence-corrected chi connectivity index (χ0v) is 11.6. The Bertz CT molecular complexity index is 570. The lowest BCUT2D eigenvalue weighted by Crippen LogP contribution is -1.95. The Hall–Kier alpha value is -1.52. The maximum absolute atomic E-state index is 9.25. The molecule has 0 aromatic heterocycles. The highest BCUT2D eigenvalue weighted by molar-refractivity contribution is 9.10. The van der Waals surface area contributed by atoms with Crippen LogP contribution in [0.2, 0.25) is 0 Å². The molecule has 2 aromatic carbocycles. The van der Waals surface area contributed by atoms with Gasteiger partial charge in [0.1, 0.15) is 11.5 Å². The second kappa shape index (κ2) is 5.42. The van der Waals surface area contributed by atoms with Crippen LogP contribution in [0.3, 0.4) is 0 Å². The van der Waals surface area contributed by atoms with Crippen LogP contribution in [0.1, 0.15) is 11.1 Å². The largest absolute Gasteiger partial charge is 0.456 e. The molecule has 18 heavy (non-hydrogen) atoms. The average molecular weight is 308 g/mol. The second-order valence-electron chi connectivity index (χ2n) is 4.01. The van der Waals surface area contributed by atoms with Crippen molar-refractivity contribution in [2.45, 2.75) is 13.5 Å². The minimum Gasteiger partial charge on any atom is -0.456 e. The van der Waals surface area contributed by atoms with Crippen LogP contribution < -0.4 is 10.5 Å². The van der Waals surface area contributed by atoms with E-state index in [0.29, 0.717) is 17.2 Å². The Labute approximate surface area is 114 Å². The van der Waals surface area contributed by atoms with Crippen molar-refractivity contribution in [3.8, 4) is 11.5 Å². The van der Waals surface area contributed by atoms with E-state index < -0.39 is 0 Å². The summed E-state index contributed by atoms with van der Waals surface area (Å²) < 4.78 is 6.59. The van der Waals surface area contributed by atoms with E-state index in [1.165, 1.54) is 0 Å². The summed E-state index contributed by atoms with van der Waals surface area (Å²) in [6.45, 7) is 1.87. The van der Waals surface area contributed by atoms with Crippen molar-refractivity contribution in [2.75, 3.05) is 5.73 Å². The van der Waals surface area contributed by atoms with Crippen molar-refractivity contribution >= 4 is 21.6 Å². The smallest absolute Gasteiger partial charge is 0.142 e. The molecule has 94 valence electrons. The van der Waals surface area contributed by atoms with Crippen LogP contribution in [0.15, 0.2) is 40.9 Å². The number of hydrogen-bond donors (Lipinski definition) is 2. The molecule has 0 aliphatic heterocycles. The molecule has 0 heterocycles. The number of anilines is 1. The van der Waals surface area contributed by atoms with E-state index in [9.17, 15) is 5.11 Å². The van der Waals surface area contributed by atoms with Crippen LogP contribution >= 0.6 is 15.9 Å². The number of nitrogen functional groups attached to an aromatic ring is 1. The lowest BCUT2D eigenvalue weighted by molar-refractivity contribution is 0.276. The predicted molar refractivity (Wildman–Crippen MR) is 75.7 cm³/mol. The molecular formula is C14H14BrNO2. The number of ether oxygens (including phenoxy) is 1. The van der Waals surface area contributed by atoms with Gasteiger partial charge in [-0.2, -0.15) is 0 Å². The molecule has 0 spiro atoms. The Kier molecular flexibility index (Phi) is 3.89. The number of halogens is 1. The predicted octanol–water partition coefficient (Wildman–Crippen LogP) is 3.62. The molecule has 4 heteroatoms. The first-order valence-electron chi connectivity index (χ1n) is 5.54. The van der Waals surface area contributed by atoms with Crippen LogP contribution in [-0.2, 0) is 6.61 Å². The monoisotopic (exact) mass is 307 g/mol. The fourth-order valence-corrected chi connectivity index (χ4v) is 2.04. The van der Waals surface area contributed by atoms with Crippen LogP contribution in [0.5, 0.6) is 11.5 Å². The van der Waals surface area contributed by atoms with Gasteiger partial charge in [-0.15, -0.1) is 0 Å². The summed E-state index contributed by atoms with van der Waals surface area (Å²) in [5, 5.41) is 9.25. The Morgan fingerprint density at radius 2 is 1.94 bits per heavy atom. The standard InChI is InChI=1S/C14H14BrNO2/c1-9-6-14(11(15)7-12(9)16)18-13-5-3-2-4-10(13)8-17/h2-7,17H,8,16H2,1H3. The number of hydrogen-bond acceptors (Lipinski definition) is 3. The molecule has 2 aromatic rings. The highest BCUT2D eigenvalue weighted by Gasteiger charge is 2.08. The van der Waals surface area contributed by atoms with Crippen molar-refractivity contribution in [2.24, 2.45) is 0 Å². The normalized spacial score (nSPS) is 10.4. The van der Waals surface area contributed by atoms with Gasteiger partial charge in [-0.25, -0.2) is 0 Å². The van der Waals surface area contributed by atoms with Crippen LogP contribution in [0, 0.1) is 6.92 Å². The van der Waals surface area contributed by atoms with E-state index in [2.05, 4.69) is 15.9 Å². The minimum absolute atomic E-state index is 0.0538. The first-order chi connectivity index (χ1) is 8.61. The summed E-state index contributed by atoms with van der Waals surface area (Å²) >= 11 is 3.42. The van der Waals surface area contributed by atoms with Gasteiger partial charge in [-0.05, 0) is 46.6 Å². The maximum atomic E-state index is 9.25. The number of aliphatic hydroxyl groups is 1. The molecule has 0 atom stereocenters. The van der Waals surface area contributed by atoms with E-state index in [0.717, 1.165) is 15.6 Å². The summed E-state index contributed by atoms with van der Waals surface area (Å²) in [6, 6.07) is 11.1. The molecule has 0 bridgehead atoms. The maximum Gasteiger partial charge on any atom is 0.142 e. The van der Waals surface area contributed by atoms with Crippen molar-refractivity contribution in [1.82, 2.24) is 0 Å². The second-order valence-corrected chi connectivity index (χ2v) is 4.86. The quantitative estimate of drug-likeness (QED) is 0.851. The average Bonchev–Trinajstić information content (AvgIpc) is 2.36. The first-order valence-corrected chi connectivity index (χ1v) is 6.33. The van der Waals surface area contributed by atoms with Crippen molar-refractivity contribution in [3.05, 3.63) is 52.0 Å². The number of rotatable bonds is 3. The Morgan fingerprint density at radius 1 is 1.22 bits per heavy atom. The third-order valence-electron chi connectivity index (χ3n) is 2.68. The SMILES string of the molecule is Cc1cc(Oc2ccccc2CO)c(Br)cc1N. The number of nitrogens with two attached hydrogens (primary N) is 1. The highest BCUT2D eigenvalue weighted by atomic mass is 79.9. The lowest BCUT2D eigenvalue weighted by Gasteiger charge is -2.12. The first kappa shape index (κ1) is 12.9. The van der Waals surface area contributed by atoms with Gasteiger partial charge in [0, 0.05) is 11.3 Å². The van der Waals surface area contributed by atoms with E-state index in [4.69, 9.17) is 10.5 Å². The zero-order valence-electron chi connectivity index (χ0n) is 9.98. The lowest BCUT2D eigenvalue weighted by atomic mass is 10.2. The highest BCUT2D eigenvalue weighted by Crippen LogP contribution is 2.34. The molecule has 0 radical (unpaired) electrons. The Morgan fingerprint density at radius 3 is 2.67 bits per heavy atom. The molecule has 2 rings (SSSR count). The molecule has 0 aliphatic carbocycles. The molecule has 0 unspecified atom stereocenters. The van der Waals surface area contributed by atoms with Gasteiger partial charge in [0.15, 0.2) is 0 Å². The van der Waals surface area contributed by atoms with E-state index in [1.807, 2.05) is 43.3 Å². The van der Waals surface area contributed by atoms with Gasteiger partial charge < -0.3 is 15.6 Å². The summed E-state index contributed by atoms with van der Waals surface area (Å²) in [6.07, 6.45) is 0. The minimum atomic E-state index is -0.0538. The summed E-state index contributed by atoms with van der Waals surface area (Å²) in [7, 11) is 0. The van der Waals surface area contributed by atoms with Crippen LogP contribution in [0.25, 0.3) is 0 Å². The third-order valence-corrected chi connectivity index (χ3v) is 3.30. The molecule has 0 aliphatic rings. The van der Waals surface area contributed by atoms with E-state index in [-0.39, 0.29) is 6.61 Å². The number of aryl methyl sites for hydroxylation is 1. The van der Waals surface area contributed by atoms with Gasteiger partial charge in [-0.3, -0.25) is 0 Å². The molecular weight excluding hydrogens is 294 g/mol. The van der Waals surface area contributed by atoms with Gasteiger partial charge in [-0.1, -0.05) is 18.2 Å². The third kappa shape index (κ3) is 2.66. The molecule has 3 N–H and O–H groups in total. The topological polar surface area (TPSA) is 55.5 Å². The van der Waals surface area contributed by atoms with Gasteiger partial charge in [0.25, 0.3) is 0 Å². The molecule has 3 nitrogen and oxygen atoms in total. The van der Waals surface area contributed by atoms with Crippen molar-refractivity contribution < 1.29 is 9.84 Å². The van der Waals surface area contributed by atoms with Crippen LogP contribution in [0.4, 0.5) is 5.69 Å². The molecule has 0 fully saturated rings. The number of benzene rings is 2. The molecule has 0 saturated carbocycles. The fourth-order valence-electron chi connectivity index (χ4n) is 1.60. The zero-order chi connectivity index (χ0) is 13.1. The van der Waals surface area contributed by atoms with Gasteiger partial charge in [0.2, 0.25) is 0 Å². The fraction of sp³-hybridized carbons (Fsp3) is 0.143. The van der Waals surface area contributed by atoms with E-state index >= 15 is 0 Å². The van der Waals surface area contributed by atoms with E-state index in [1.54, 1.807) is 0 Å². The number of aliphatic hydroxyl groups excluding tert-OH is 1. The summed E-state index contributed by atoms with van der Waals surface area (Å²) in [4.78, 5) is 0. The Balaban J connectivity index is 2.37. The molecule has 0 amide bonds. The van der Waals surface area contributed by atoms with Gasteiger partial charge >= 0.3 is 0 Å². The van der Waals surface area contributed by atoms with Gasteiger partial charge in [0.05, 0.1) is 11.1 Å². The van der Waals surface area contributed by atoms with Crippen LogP contribution in [-0.4, -0.2) is 5.11 Å². The summed E-state index contributed by atoms with van der Waals surface area (Å²) in [5.74, 6) is 1.33. The van der Waals surface area contributed by atoms with Crippen molar-refractivity contribution in [1.29, 1.82) is 0 Å². The number of para-hydroxylation sites is 1. The summed E-state index contributed by atoms with van der Waals surface area (Å²) in [5.41, 5.74) is 8.23. The molecule has 0 saturated heterocycles. The van der Waals surface area contributed by atoms with Crippen molar-refractivity contribution in [3.63, 3.8) is 0 Å².